The van der Waals surface area contributed by atoms with E-state index in [2.05, 4.69) is 30.9 Å². The number of rotatable bonds is 7. The van der Waals surface area contributed by atoms with Gasteiger partial charge in [-0.05, 0) is 32.9 Å². The number of nitrogens with one attached hydrogen (secondary N) is 3. The summed E-state index contributed by atoms with van der Waals surface area (Å²) in [4.78, 5) is 37.0. The number of pyridine rings is 1. The summed E-state index contributed by atoms with van der Waals surface area (Å²) in [5.74, 6) is -0.150. The molecule has 9 nitrogen and oxygen atoms in total. The number of aromatic nitrogens is 2. The fourth-order valence-corrected chi connectivity index (χ4v) is 3.22. The van der Waals surface area contributed by atoms with E-state index in [-0.39, 0.29) is 48.4 Å². The maximum atomic E-state index is 12.0. The van der Waals surface area contributed by atoms with Crippen LogP contribution in [0.15, 0.2) is 29.5 Å². The van der Waals surface area contributed by atoms with Crippen LogP contribution in [0.5, 0.6) is 0 Å². The molecule has 3 N–H and O–H groups in total. The van der Waals surface area contributed by atoms with Gasteiger partial charge in [-0.1, -0.05) is 0 Å². The van der Waals surface area contributed by atoms with Crippen molar-refractivity contribution in [2.75, 3.05) is 25.5 Å². The van der Waals surface area contributed by atoms with Crippen molar-refractivity contribution in [3.8, 4) is 0 Å². The zero-order valence-corrected chi connectivity index (χ0v) is 19.8. The highest BCUT2D eigenvalue weighted by molar-refractivity contribution is 14.0. The molecule has 2 rings (SSSR count). The maximum Gasteiger partial charge on any atom is 0.350 e. The van der Waals surface area contributed by atoms with E-state index >= 15 is 0 Å². The second-order valence-corrected chi connectivity index (χ2v) is 6.80. The van der Waals surface area contributed by atoms with Crippen LogP contribution in [-0.2, 0) is 9.53 Å². The first-order valence-electron chi connectivity index (χ1n) is 8.76. The quantitative estimate of drug-likeness (QED) is 0.217. The Balaban J connectivity index is 0.00000420. The van der Waals surface area contributed by atoms with E-state index < -0.39 is 0 Å². The number of hydrogen-bond acceptors (Lipinski definition) is 7. The first-order valence-corrected chi connectivity index (χ1v) is 9.57. The third-order valence-electron chi connectivity index (χ3n) is 3.58. The van der Waals surface area contributed by atoms with Crippen LogP contribution in [0.2, 0.25) is 0 Å². The van der Waals surface area contributed by atoms with Crippen LogP contribution in [-0.4, -0.2) is 48.0 Å². The predicted octanol–water partition coefficient (Wildman–Crippen LogP) is 2.51. The zero-order valence-electron chi connectivity index (χ0n) is 16.7. The van der Waals surface area contributed by atoms with Crippen molar-refractivity contribution in [2.45, 2.75) is 26.8 Å². The molecule has 0 saturated carbocycles. The van der Waals surface area contributed by atoms with Gasteiger partial charge in [-0.3, -0.25) is 14.8 Å². The summed E-state index contributed by atoms with van der Waals surface area (Å²) in [6.45, 7) is 5.79. The van der Waals surface area contributed by atoms with Gasteiger partial charge in [0.2, 0.25) is 5.91 Å². The normalized spacial score (nSPS) is 11.8. The number of aliphatic imine (C=N–C) groups is 1. The minimum absolute atomic E-state index is 0. The van der Waals surface area contributed by atoms with E-state index in [9.17, 15) is 9.59 Å². The Bertz CT molecular complexity index is 843. The standard InChI is InChI=1S/C18H24N6O3S.HI/c1-5-27-17(26)15-11(2)22-16(28-15)12(3)23-18(19-4)21-10-14(25)24-13-7-6-8-20-9-13;/h6-9,12H,5,10H2,1-4H3,(H,24,25)(H2,19,21,23);1H. The topological polar surface area (TPSA) is 118 Å². The highest BCUT2D eigenvalue weighted by Gasteiger charge is 2.20. The maximum absolute atomic E-state index is 12.0. The lowest BCUT2D eigenvalue weighted by atomic mass is 10.3. The molecule has 0 fully saturated rings. The van der Waals surface area contributed by atoms with E-state index in [1.807, 2.05) is 6.92 Å². The molecule has 0 aliphatic heterocycles. The number of carbonyl (C=O) groups is 2. The second-order valence-electron chi connectivity index (χ2n) is 5.77. The summed E-state index contributed by atoms with van der Waals surface area (Å²) >= 11 is 1.28. The Kier molecular flexibility index (Phi) is 10.5. The molecule has 2 aromatic heterocycles. The minimum Gasteiger partial charge on any atom is -0.462 e. The summed E-state index contributed by atoms with van der Waals surface area (Å²) in [6, 6.07) is 3.29. The van der Waals surface area contributed by atoms with Gasteiger partial charge in [0.25, 0.3) is 0 Å². The van der Waals surface area contributed by atoms with Gasteiger partial charge in [-0.15, -0.1) is 35.3 Å². The predicted molar refractivity (Wildman–Crippen MR) is 124 cm³/mol. The van der Waals surface area contributed by atoms with Gasteiger partial charge < -0.3 is 20.7 Å². The lowest BCUT2D eigenvalue weighted by molar-refractivity contribution is -0.115. The van der Waals surface area contributed by atoms with E-state index in [4.69, 9.17) is 4.74 Å². The molecule has 11 heteroatoms. The summed E-state index contributed by atoms with van der Waals surface area (Å²) in [7, 11) is 1.61. The van der Waals surface area contributed by atoms with E-state index in [0.29, 0.717) is 28.8 Å². The molecule has 1 unspecified atom stereocenters. The largest absolute Gasteiger partial charge is 0.462 e. The molecule has 0 aliphatic rings. The molecule has 2 heterocycles. The summed E-state index contributed by atoms with van der Waals surface area (Å²) in [5, 5.41) is 9.56. The van der Waals surface area contributed by atoms with Crippen molar-refractivity contribution < 1.29 is 14.3 Å². The van der Waals surface area contributed by atoms with E-state index in [1.54, 1.807) is 45.4 Å². The van der Waals surface area contributed by atoms with Crippen molar-refractivity contribution in [2.24, 2.45) is 4.99 Å². The average Bonchev–Trinajstić information content (AvgIpc) is 3.08. The third-order valence-corrected chi connectivity index (χ3v) is 4.90. The number of thiazole rings is 1. The zero-order chi connectivity index (χ0) is 20.5. The van der Waals surface area contributed by atoms with Crippen LogP contribution in [0.1, 0.15) is 40.3 Å². The van der Waals surface area contributed by atoms with Gasteiger partial charge >= 0.3 is 5.97 Å². The Morgan fingerprint density at radius 1 is 1.38 bits per heavy atom. The average molecular weight is 532 g/mol. The van der Waals surface area contributed by atoms with E-state index in [0.717, 1.165) is 5.01 Å². The fourth-order valence-electron chi connectivity index (χ4n) is 2.26. The molecule has 0 spiro atoms. The van der Waals surface area contributed by atoms with Crippen LogP contribution in [0.3, 0.4) is 0 Å². The molecule has 2 aromatic rings. The lowest BCUT2D eigenvalue weighted by Crippen LogP contribution is -2.42. The Labute approximate surface area is 190 Å². The Hall–Kier alpha value is -2.28. The van der Waals surface area contributed by atoms with Crippen LogP contribution >= 0.6 is 35.3 Å². The first kappa shape index (κ1) is 24.8. The first-order chi connectivity index (χ1) is 13.4. The number of anilines is 1. The molecule has 0 bridgehead atoms. The van der Waals surface area contributed by atoms with Gasteiger partial charge in [-0.25, -0.2) is 9.78 Å². The lowest BCUT2D eigenvalue weighted by Gasteiger charge is -2.16. The smallest absolute Gasteiger partial charge is 0.350 e. The van der Waals surface area contributed by atoms with Crippen LogP contribution < -0.4 is 16.0 Å². The summed E-state index contributed by atoms with van der Waals surface area (Å²) < 4.78 is 5.04. The molecule has 1 amide bonds. The number of amides is 1. The number of halogens is 1. The number of esters is 1. The highest BCUT2D eigenvalue weighted by Crippen LogP contribution is 2.24. The van der Waals surface area contributed by atoms with Gasteiger partial charge in [-0.2, -0.15) is 0 Å². The molecular formula is C18H25IN6O3S. The number of ether oxygens (including phenoxy) is 1. The molecule has 1 atom stereocenters. The highest BCUT2D eigenvalue weighted by atomic mass is 127. The summed E-state index contributed by atoms with van der Waals surface area (Å²) in [5.41, 5.74) is 1.25. The minimum atomic E-state index is -0.370. The third kappa shape index (κ3) is 7.57. The molecule has 0 saturated heterocycles. The molecule has 0 radical (unpaired) electrons. The molecule has 0 aromatic carbocycles. The molecule has 29 heavy (non-hydrogen) atoms. The van der Waals surface area contributed by atoms with Crippen LogP contribution in [0.4, 0.5) is 5.69 Å². The number of guanidine groups is 1. The van der Waals surface area contributed by atoms with Gasteiger partial charge in [0.05, 0.1) is 36.8 Å². The van der Waals surface area contributed by atoms with Crippen molar-refractivity contribution in [1.29, 1.82) is 0 Å². The van der Waals surface area contributed by atoms with Crippen molar-refractivity contribution in [1.82, 2.24) is 20.6 Å². The van der Waals surface area contributed by atoms with Gasteiger partial charge in [0.15, 0.2) is 5.96 Å². The fraction of sp³-hybridized carbons (Fsp3) is 0.389. The second kappa shape index (κ2) is 12.3. The van der Waals surface area contributed by atoms with Crippen molar-refractivity contribution in [3.63, 3.8) is 0 Å². The molecular weight excluding hydrogens is 507 g/mol. The van der Waals surface area contributed by atoms with Crippen LogP contribution in [0.25, 0.3) is 0 Å². The Morgan fingerprint density at radius 3 is 2.76 bits per heavy atom. The SMILES string of the molecule is CCOC(=O)c1sc(C(C)NC(=NC)NCC(=O)Nc2cccnc2)nc1C.I. The number of carbonyl (C=O) groups excluding carboxylic acids is 2. The van der Waals surface area contributed by atoms with Gasteiger partial charge in [0, 0.05) is 13.2 Å². The number of aryl methyl sites for hydroxylation is 1. The van der Waals surface area contributed by atoms with Crippen molar-refractivity contribution in [3.05, 3.63) is 40.1 Å². The molecule has 0 aliphatic carbocycles. The number of nitrogens with zero attached hydrogens (tertiary/aromatic N) is 3. The molecule has 158 valence electrons. The monoisotopic (exact) mass is 532 g/mol. The number of hydrogen-bond donors (Lipinski definition) is 3. The van der Waals surface area contributed by atoms with Crippen molar-refractivity contribution >= 4 is 58.8 Å². The van der Waals surface area contributed by atoms with E-state index in [1.165, 1.54) is 11.3 Å². The summed E-state index contributed by atoms with van der Waals surface area (Å²) in [6.07, 6.45) is 3.20. The Morgan fingerprint density at radius 2 is 2.14 bits per heavy atom. The van der Waals surface area contributed by atoms with Gasteiger partial charge in [0.1, 0.15) is 9.88 Å². The van der Waals surface area contributed by atoms with Crippen LogP contribution in [0, 0.1) is 6.92 Å².